The van der Waals surface area contributed by atoms with Gasteiger partial charge in [-0.25, -0.2) is 0 Å². The van der Waals surface area contributed by atoms with Crippen molar-refractivity contribution in [1.29, 1.82) is 0 Å². The lowest BCUT2D eigenvalue weighted by atomic mass is 10.0. The largest absolute Gasteiger partial charge is 0.142 e. The molecule has 0 aliphatic rings. The second-order valence-corrected chi connectivity index (χ2v) is 8.24. The van der Waals surface area contributed by atoms with Gasteiger partial charge in [0.25, 0.3) is 0 Å². The van der Waals surface area contributed by atoms with Crippen LogP contribution in [0.25, 0.3) is 10.1 Å². The van der Waals surface area contributed by atoms with Crippen LogP contribution in [0.15, 0.2) is 46.3 Å². The van der Waals surface area contributed by atoms with Gasteiger partial charge in [0.05, 0.1) is 0 Å². The summed E-state index contributed by atoms with van der Waals surface area (Å²) >= 11 is 9.33. The maximum absolute atomic E-state index is 3.88. The zero-order chi connectivity index (χ0) is 15.0. The maximum Gasteiger partial charge on any atom is 0.0488 e. The fourth-order valence-corrected chi connectivity index (χ4v) is 5.14. The van der Waals surface area contributed by atoms with E-state index in [1.165, 1.54) is 36.8 Å². The van der Waals surface area contributed by atoms with Gasteiger partial charge in [-0.15, -0.1) is 11.3 Å². The van der Waals surface area contributed by atoms with E-state index in [4.69, 9.17) is 0 Å². The van der Waals surface area contributed by atoms with E-state index in [0.29, 0.717) is 4.83 Å². The van der Waals surface area contributed by atoms with E-state index in [1.807, 2.05) is 11.3 Å². The van der Waals surface area contributed by atoms with E-state index in [9.17, 15) is 0 Å². The summed E-state index contributed by atoms with van der Waals surface area (Å²) in [5.74, 6) is 0. The average Bonchev–Trinajstić information content (AvgIpc) is 2.88. The number of hydrogen-bond acceptors (Lipinski definition) is 1. The number of halogens is 2. The SMILES string of the molecule is Cc1ccc(CC(Br)c2csc3c(Br)cccc23)cc1C. The molecule has 1 heterocycles. The van der Waals surface area contributed by atoms with Crippen LogP contribution in [-0.2, 0) is 6.42 Å². The molecule has 3 aromatic rings. The smallest absolute Gasteiger partial charge is 0.0488 e. The Labute approximate surface area is 146 Å². The normalized spacial score (nSPS) is 12.8. The number of thiophene rings is 1. The van der Waals surface area contributed by atoms with Crippen molar-refractivity contribution in [3.63, 3.8) is 0 Å². The van der Waals surface area contributed by atoms with Crippen molar-refractivity contribution in [3.8, 4) is 0 Å². The lowest BCUT2D eigenvalue weighted by Crippen LogP contribution is -1.95. The van der Waals surface area contributed by atoms with E-state index in [0.717, 1.165) is 6.42 Å². The van der Waals surface area contributed by atoms with Crippen molar-refractivity contribution in [1.82, 2.24) is 0 Å². The third kappa shape index (κ3) is 3.10. The van der Waals surface area contributed by atoms with E-state index < -0.39 is 0 Å². The van der Waals surface area contributed by atoms with Crippen LogP contribution in [0.4, 0.5) is 0 Å². The molecule has 2 aromatic carbocycles. The van der Waals surface area contributed by atoms with Crippen LogP contribution in [0.2, 0.25) is 0 Å². The van der Waals surface area contributed by atoms with Crippen LogP contribution in [0.3, 0.4) is 0 Å². The molecule has 0 nitrogen and oxygen atoms in total. The summed E-state index contributed by atoms with van der Waals surface area (Å²) < 4.78 is 2.51. The van der Waals surface area contributed by atoms with Gasteiger partial charge in [0.15, 0.2) is 0 Å². The molecule has 21 heavy (non-hydrogen) atoms. The molecule has 0 N–H and O–H groups in total. The van der Waals surface area contributed by atoms with Gasteiger partial charge >= 0.3 is 0 Å². The molecule has 1 aromatic heterocycles. The molecule has 3 rings (SSSR count). The Balaban J connectivity index is 1.91. The summed E-state index contributed by atoms with van der Waals surface area (Å²) in [5, 5.41) is 3.62. The molecule has 0 spiro atoms. The van der Waals surface area contributed by atoms with Crippen LogP contribution >= 0.6 is 43.2 Å². The number of fused-ring (bicyclic) bond motifs is 1. The fourth-order valence-electron chi connectivity index (χ4n) is 2.53. The first-order valence-corrected chi connectivity index (χ1v) is 9.51. The summed E-state index contributed by atoms with van der Waals surface area (Å²) in [4.78, 5) is 0.350. The molecule has 0 amide bonds. The Morgan fingerprint density at radius 1 is 1.10 bits per heavy atom. The molecule has 108 valence electrons. The molecule has 0 radical (unpaired) electrons. The summed E-state index contributed by atoms with van der Waals surface area (Å²) in [7, 11) is 0. The van der Waals surface area contributed by atoms with Gasteiger partial charge in [0, 0.05) is 14.0 Å². The summed E-state index contributed by atoms with van der Waals surface area (Å²) in [6, 6.07) is 13.2. The molecule has 1 atom stereocenters. The average molecular weight is 424 g/mol. The van der Waals surface area contributed by atoms with Crippen molar-refractivity contribution in [2.24, 2.45) is 0 Å². The third-order valence-corrected chi connectivity index (χ3v) is 6.69. The molecule has 0 bridgehead atoms. The minimum Gasteiger partial charge on any atom is -0.142 e. The summed E-state index contributed by atoms with van der Waals surface area (Å²) in [6.07, 6.45) is 1.01. The summed E-state index contributed by atoms with van der Waals surface area (Å²) in [5.41, 5.74) is 5.49. The van der Waals surface area contributed by atoms with E-state index in [-0.39, 0.29) is 0 Å². The third-order valence-electron chi connectivity index (χ3n) is 3.91. The first kappa shape index (κ1) is 15.3. The molecule has 0 saturated heterocycles. The van der Waals surface area contributed by atoms with Gasteiger partial charge in [0.2, 0.25) is 0 Å². The summed E-state index contributed by atoms with van der Waals surface area (Å²) in [6.45, 7) is 4.34. The Kier molecular flexibility index (Phi) is 4.53. The van der Waals surface area contributed by atoms with Crippen molar-refractivity contribution in [2.45, 2.75) is 25.1 Å². The van der Waals surface area contributed by atoms with Crippen molar-refractivity contribution < 1.29 is 0 Å². The van der Waals surface area contributed by atoms with Crippen LogP contribution in [0.1, 0.15) is 27.1 Å². The van der Waals surface area contributed by atoms with Gasteiger partial charge in [-0.2, -0.15) is 0 Å². The monoisotopic (exact) mass is 422 g/mol. The lowest BCUT2D eigenvalue weighted by molar-refractivity contribution is 0.958. The van der Waals surface area contributed by atoms with E-state index >= 15 is 0 Å². The van der Waals surface area contributed by atoms with Gasteiger partial charge < -0.3 is 0 Å². The Bertz CT molecular complexity index is 789. The molecule has 1 unspecified atom stereocenters. The predicted octanol–water partition coefficient (Wildman–Crippen LogP) is 6.96. The van der Waals surface area contributed by atoms with E-state index in [1.54, 1.807) is 0 Å². The predicted molar refractivity (Wildman–Crippen MR) is 101 cm³/mol. The molecular formula is C18H16Br2S. The first-order valence-electron chi connectivity index (χ1n) is 6.92. The Hall–Kier alpha value is -0.640. The van der Waals surface area contributed by atoms with Gasteiger partial charge in [-0.1, -0.05) is 46.3 Å². The Morgan fingerprint density at radius 2 is 1.90 bits per heavy atom. The van der Waals surface area contributed by atoms with Crippen LogP contribution in [0.5, 0.6) is 0 Å². The topological polar surface area (TPSA) is 0 Å². The van der Waals surface area contributed by atoms with Crippen molar-refractivity contribution >= 4 is 53.3 Å². The first-order chi connectivity index (χ1) is 10.1. The maximum atomic E-state index is 3.88. The zero-order valence-electron chi connectivity index (χ0n) is 12.0. The van der Waals surface area contributed by atoms with Gasteiger partial charge in [-0.05, 0) is 75.3 Å². The van der Waals surface area contributed by atoms with Crippen LogP contribution in [0, 0.1) is 13.8 Å². The highest BCUT2D eigenvalue weighted by Gasteiger charge is 2.15. The van der Waals surface area contributed by atoms with Crippen molar-refractivity contribution in [2.75, 3.05) is 0 Å². The number of aryl methyl sites for hydroxylation is 2. The quantitative estimate of drug-likeness (QED) is 0.399. The van der Waals surface area contributed by atoms with Crippen molar-refractivity contribution in [3.05, 3.63) is 68.5 Å². The van der Waals surface area contributed by atoms with Crippen LogP contribution in [-0.4, -0.2) is 0 Å². The Morgan fingerprint density at radius 3 is 2.67 bits per heavy atom. The molecule has 0 saturated carbocycles. The minimum atomic E-state index is 0.350. The number of hydrogen-bond donors (Lipinski definition) is 0. The van der Waals surface area contributed by atoms with Gasteiger partial charge in [0.1, 0.15) is 0 Å². The molecule has 0 aliphatic heterocycles. The standard InChI is InChI=1S/C18H16Br2S/c1-11-6-7-13(8-12(11)2)9-17(20)15-10-21-18-14(15)4-3-5-16(18)19/h3-8,10,17H,9H2,1-2H3. The number of benzene rings is 2. The molecule has 0 aliphatic carbocycles. The fraction of sp³-hybridized carbons (Fsp3) is 0.222. The molecular weight excluding hydrogens is 408 g/mol. The lowest BCUT2D eigenvalue weighted by Gasteiger charge is -2.11. The van der Waals surface area contributed by atoms with E-state index in [2.05, 4.69) is 87.5 Å². The molecule has 0 fully saturated rings. The second kappa shape index (κ2) is 6.23. The number of alkyl halides is 1. The minimum absolute atomic E-state index is 0.350. The van der Waals surface area contributed by atoms with Gasteiger partial charge in [-0.3, -0.25) is 0 Å². The highest BCUT2D eigenvalue weighted by molar-refractivity contribution is 9.10. The van der Waals surface area contributed by atoms with Crippen LogP contribution < -0.4 is 0 Å². The second-order valence-electron chi connectivity index (χ2n) is 5.40. The highest BCUT2D eigenvalue weighted by atomic mass is 79.9. The molecule has 3 heteroatoms. The number of rotatable bonds is 3. The highest BCUT2D eigenvalue weighted by Crippen LogP contribution is 2.39. The zero-order valence-corrected chi connectivity index (χ0v) is 16.0.